The molecule has 2 amide bonds. The van der Waals surface area contributed by atoms with E-state index < -0.39 is 6.04 Å². The Morgan fingerprint density at radius 2 is 1.82 bits per heavy atom. The number of hydrogen-bond acceptors (Lipinski definition) is 3. The van der Waals surface area contributed by atoms with Gasteiger partial charge >= 0.3 is 0 Å². The highest BCUT2D eigenvalue weighted by molar-refractivity contribution is 6.01. The first-order chi connectivity index (χ1) is 16.0. The first kappa shape index (κ1) is 22.5. The van der Waals surface area contributed by atoms with E-state index in [1.165, 1.54) is 12.1 Å². The van der Waals surface area contributed by atoms with E-state index in [9.17, 15) is 14.0 Å². The largest absolute Gasteiger partial charge is 0.494 e. The summed E-state index contributed by atoms with van der Waals surface area (Å²) in [5.41, 5.74) is 3.62. The van der Waals surface area contributed by atoms with Crippen molar-refractivity contribution in [1.82, 2.24) is 4.90 Å². The van der Waals surface area contributed by atoms with Crippen LogP contribution in [0.25, 0.3) is 0 Å². The normalized spacial score (nSPS) is 15.4. The first-order valence-corrected chi connectivity index (χ1v) is 11.2. The Morgan fingerprint density at radius 3 is 2.52 bits per heavy atom. The van der Waals surface area contributed by atoms with Crippen molar-refractivity contribution in [2.75, 3.05) is 18.5 Å². The van der Waals surface area contributed by atoms with Gasteiger partial charge in [0.05, 0.1) is 12.6 Å². The molecule has 0 saturated carbocycles. The van der Waals surface area contributed by atoms with Crippen molar-refractivity contribution in [2.45, 2.75) is 32.7 Å². The van der Waals surface area contributed by atoms with Gasteiger partial charge in [-0.2, -0.15) is 0 Å². The number of halogens is 1. The number of fused-ring (bicyclic) bond motifs is 1. The average molecular weight is 447 g/mol. The predicted molar refractivity (Wildman–Crippen MR) is 126 cm³/mol. The maximum atomic E-state index is 13.7. The Labute approximate surface area is 193 Å². The molecule has 0 saturated heterocycles. The zero-order valence-electron chi connectivity index (χ0n) is 18.8. The summed E-state index contributed by atoms with van der Waals surface area (Å²) in [7, 11) is 0. The van der Waals surface area contributed by atoms with Crippen LogP contribution in [0.15, 0.2) is 66.7 Å². The van der Waals surface area contributed by atoms with Gasteiger partial charge in [-0.1, -0.05) is 43.2 Å². The molecule has 6 heteroatoms. The van der Waals surface area contributed by atoms with Crippen LogP contribution in [0.2, 0.25) is 0 Å². The van der Waals surface area contributed by atoms with Gasteiger partial charge in [-0.05, 0) is 61.4 Å². The summed E-state index contributed by atoms with van der Waals surface area (Å²) in [5, 5.41) is 2.91. The molecule has 1 N–H and O–H groups in total. The average Bonchev–Trinajstić information content (AvgIpc) is 2.95. The minimum absolute atomic E-state index is 0.122. The van der Waals surface area contributed by atoms with Crippen LogP contribution in [0.1, 0.15) is 52.9 Å². The molecule has 5 nitrogen and oxygen atoms in total. The Morgan fingerprint density at radius 1 is 1.09 bits per heavy atom. The van der Waals surface area contributed by atoms with E-state index in [1.54, 1.807) is 41.3 Å². The van der Waals surface area contributed by atoms with E-state index in [4.69, 9.17) is 4.74 Å². The maximum absolute atomic E-state index is 13.7. The zero-order valence-corrected chi connectivity index (χ0v) is 18.8. The predicted octanol–water partition coefficient (Wildman–Crippen LogP) is 5.50. The number of carbonyl (C=O) groups is 2. The second-order valence-electron chi connectivity index (χ2n) is 8.25. The molecule has 170 valence electrons. The molecule has 0 spiro atoms. The molecule has 0 aliphatic carbocycles. The fourth-order valence-corrected chi connectivity index (χ4v) is 4.01. The summed E-state index contributed by atoms with van der Waals surface area (Å²) in [4.78, 5) is 27.9. The highest BCUT2D eigenvalue weighted by Gasteiger charge is 2.34. The lowest BCUT2D eigenvalue weighted by Crippen LogP contribution is -2.39. The molecule has 0 bridgehead atoms. The number of ether oxygens (including phenoxy) is 1. The van der Waals surface area contributed by atoms with Crippen LogP contribution in [0.5, 0.6) is 5.75 Å². The molecule has 0 unspecified atom stereocenters. The monoisotopic (exact) mass is 446 g/mol. The van der Waals surface area contributed by atoms with Crippen molar-refractivity contribution >= 4 is 17.5 Å². The molecule has 1 atom stereocenters. The molecule has 3 aromatic carbocycles. The summed E-state index contributed by atoms with van der Waals surface area (Å²) in [6.45, 7) is 4.56. The minimum Gasteiger partial charge on any atom is -0.494 e. The van der Waals surface area contributed by atoms with Crippen molar-refractivity contribution in [2.24, 2.45) is 0 Å². The Hall–Kier alpha value is -3.67. The summed E-state index contributed by atoms with van der Waals surface area (Å²) in [6.07, 6.45) is 2.00. The number of rotatable bonds is 6. The third kappa shape index (κ3) is 5.06. The highest BCUT2D eigenvalue weighted by atomic mass is 19.1. The Balaban J connectivity index is 1.73. The lowest BCUT2D eigenvalue weighted by molar-refractivity contribution is -0.117. The van der Waals surface area contributed by atoms with Gasteiger partial charge in [-0.3, -0.25) is 9.59 Å². The number of unbranched alkanes of at least 4 members (excludes halogenated alkanes) is 1. The van der Waals surface area contributed by atoms with Crippen LogP contribution in [-0.2, 0) is 4.79 Å². The van der Waals surface area contributed by atoms with E-state index >= 15 is 0 Å². The van der Waals surface area contributed by atoms with Crippen LogP contribution in [-0.4, -0.2) is 29.9 Å². The molecule has 33 heavy (non-hydrogen) atoms. The molecule has 1 heterocycles. The summed E-state index contributed by atoms with van der Waals surface area (Å²) >= 11 is 0. The summed E-state index contributed by atoms with van der Waals surface area (Å²) in [6, 6.07) is 18.2. The second kappa shape index (κ2) is 9.86. The van der Waals surface area contributed by atoms with Crippen LogP contribution in [0.4, 0.5) is 10.1 Å². The standard InChI is InChI=1S/C27H27FN2O3/c1-3-4-15-33-22-12-8-20(9-13-22)27(32)30-17-25(31)29-24-14-5-18(2)16-23(24)26(30)19-6-10-21(28)11-7-19/h5-14,16,26H,3-4,15,17H2,1-2H3,(H,29,31)/t26-/m0/s1. The smallest absolute Gasteiger partial charge is 0.255 e. The van der Waals surface area contributed by atoms with Crippen molar-refractivity contribution in [3.63, 3.8) is 0 Å². The number of nitrogens with zero attached hydrogens (tertiary/aromatic N) is 1. The number of nitrogens with one attached hydrogen (secondary N) is 1. The quantitative estimate of drug-likeness (QED) is 0.509. The number of benzene rings is 3. The van der Waals surface area contributed by atoms with Crippen LogP contribution in [0.3, 0.4) is 0 Å². The summed E-state index contributed by atoms with van der Waals surface area (Å²) in [5.74, 6) is -0.223. The number of aryl methyl sites for hydroxylation is 1. The van der Waals surface area contributed by atoms with Gasteiger partial charge in [0.15, 0.2) is 0 Å². The number of anilines is 1. The zero-order chi connectivity index (χ0) is 23.4. The van der Waals surface area contributed by atoms with Crippen LogP contribution < -0.4 is 10.1 Å². The van der Waals surface area contributed by atoms with Crippen molar-refractivity contribution < 1.29 is 18.7 Å². The Kier molecular flexibility index (Phi) is 6.73. The Bertz CT molecular complexity index is 1140. The molecule has 1 aliphatic rings. The van der Waals surface area contributed by atoms with Gasteiger partial charge in [0.2, 0.25) is 5.91 Å². The molecule has 3 aromatic rings. The van der Waals surface area contributed by atoms with Gasteiger partial charge in [0.1, 0.15) is 18.1 Å². The van der Waals surface area contributed by atoms with Gasteiger partial charge in [0, 0.05) is 16.8 Å². The van der Waals surface area contributed by atoms with E-state index in [-0.39, 0.29) is 24.2 Å². The minimum atomic E-state index is -0.549. The summed E-state index contributed by atoms with van der Waals surface area (Å²) < 4.78 is 19.4. The topological polar surface area (TPSA) is 58.6 Å². The van der Waals surface area contributed by atoms with Crippen molar-refractivity contribution in [1.29, 1.82) is 0 Å². The SMILES string of the molecule is CCCCOc1ccc(C(=O)N2CC(=O)Nc3ccc(C)cc3[C@@H]2c2ccc(F)cc2)cc1. The fourth-order valence-electron chi connectivity index (χ4n) is 4.01. The van der Waals surface area contributed by atoms with Crippen LogP contribution in [0, 0.1) is 12.7 Å². The van der Waals surface area contributed by atoms with Gasteiger partial charge in [0.25, 0.3) is 5.91 Å². The lowest BCUT2D eigenvalue weighted by atomic mass is 9.94. The molecule has 0 radical (unpaired) electrons. The number of amides is 2. The molecule has 0 aromatic heterocycles. The second-order valence-corrected chi connectivity index (χ2v) is 8.25. The van der Waals surface area contributed by atoms with Gasteiger partial charge in [-0.25, -0.2) is 4.39 Å². The van der Waals surface area contributed by atoms with Gasteiger partial charge < -0.3 is 15.0 Å². The number of carbonyl (C=O) groups excluding carboxylic acids is 2. The lowest BCUT2D eigenvalue weighted by Gasteiger charge is -2.31. The third-order valence-electron chi connectivity index (χ3n) is 5.72. The van der Waals surface area contributed by atoms with Crippen molar-refractivity contribution in [3.05, 3.63) is 94.8 Å². The third-order valence-corrected chi connectivity index (χ3v) is 5.72. The molecule has 1 aliphatic heterocycles. The number of hydrogen-bond donors (Lipinski definition) is 1. The van der Waals surface area contributed by atoms with Crippen molar-refractivity contribution in [3.8, 4) is 5.75 Å². The molecular weight excluding hydrogens is 419 g/mol. The molecule has 0 fully saturated rings. The first-order valence-electron chi connectivity index (χ1n) is 11.2. The van der Waals surface area contributed by atoms with E-state index in [2.05, 4.69) is 12.2 Å². The van der Waals surface area contributed by atoms with E-state index in [0.29, 0.717) is 23.6 Å². The maximum Gasteiger partial charge on any atom is 0.255 e. The van der Waals surface area contributed by atoms with Gasteiger partial charge in [-0.15, -0.1) is 0 Å². The molecular formula is C27H27FN2O3. The highest BCUT2D eigenvalue weighted by Crippen LogP contribution is 2.37. The van der Waals surface area contributed by atoms with Crippen LogP contribution >= 0.6 is 0 Å². The molecule has 4 rings (SSSR count). The van der Waals surface area contributed by atoms with E-state index in [0.717, 1.165) is 29.5 Å². The fraction of sp³-hybridized carbons (Fsp3) is 0.259. The van der Waals surface area contributed by atoms with E-state index in [1.807, 2.05) is 25.1 Å².